The zero-order valence-corrected chi connectivity index (χ0v) is 14.2. The number of hydrogen-bond acceptors (Lipinski definition) is 6. The molecule has 0 aliphatic carbocycles. The maximum atomic E-state index is 10.7. The van der Waals surface area contributed by atoms with Crippen LogP contribution in [-0.2, 0) is 28.5 Å². The molecule has 0 rings (SSSR count). The van der Waals surface area contributed by atoms with Crippen molar-refractivity contribution in [1.29, 1.82) is 0 Å². The Morgan fingerprint density at radius 1 is 0.667 bits per heavy atom. The van der Waals surface area contributed by atoms with Crippen LogP contribution in [0.5, 0.6) is 0 Å². The molecule has 106 valence electrons. The van der Waals surface area contributed by atoms with E-state index in [1.807, 2.05) is 45.2 Å². The van der Waals surface area contributed by atoms with Gasteiger partial charge in [0, 0.05) is 0 Å². The first kappa shape index (κ1) is 18.3. The number of alkyl halides is 2. The van der Waals surface area contributed by atoms with Crippen LogP contribution in [0.2, 0.25) is 0 Å². The van der Waals surface area contributed by atoms with Crippen molar-refractivity contribution in [3.8, 4) is 0 Å². The Kier molecular flexibility index (Phi) is 14.0. The summed E-state index contributed by atoms with van der Waals surface area (Å²) >= 11 is 3.87. The highest BCUT2D eigenvalue weighted by Gasteiger charge is 1.99. The summed E-state index contributed by atoms with van der Waals surface area (Å²) in [4.78, 5) is 21.5. The quantitative estimate of drug-likeness (QED) is 0.188. The van der Waals surface area contributed by atoms with Gasteiger partial charge in [0.25, 0.3) is 0 Å². The number of rotatable bonds is 11. The number of esters is 2. The monoisotopic (exact) mass is 486 g/mol. The molecule has 0 bridgehead atoms. The second-order valence-electron chi connectivity index (χ2n) is 2.93. The molecule has 8 heteroatoms. The molecule has 18 heavy (non-hydrogen) atoms. The molecule has 6 nitrogen and oxygen atoms in total. The van der Waals surface area contributed by atoms with E-state index in [1.165, 1.54) is 0 Å². The van der Waals surface area contributed by atoms with Gasteiger partial charge < -0.3 is 18.9 Å². The normalized spacial score (nSPS) is 10.1. The van der Waals surface area contributed by atoms with E-state index in [4.69, 9.17) is 18.9 Å². The molecule has 0 saturated heterocycles. The van der Waals surface area contributed by atoms with E-state index in [-0.39, 0.29) is 25.2 Å². The summed E-state index contributed by atoms with van der Waals surface area (Å²) in [6.07, 6.45) is 0. The summed E-state index contributed by atoms with van der Waals surface area (Å²) < 4.78 is 20.6. The van der Waals surface area contributed by atoms with Crippen molar-refractivity contribution >= 4 is 57.1 Å². The summed E-state index contributed by atoms with van der Waals surface area (Å²) in [5, 5.41) is 0. The fraction of sp³-hybridized carbons (Fsp3) is 0.800. The summed E-state index contributed by atoms with van der Waals surface area (Å²) in [7, 11) is 0. The third-order valence-electron chi connectivity index (χ3n) is 1.57. The van der Waals surface area contributed by atoms with E-state index in [1.54, 1.807) is 0 Å². The van der Waals surface area contributed by atoms with Crippen LogP contribution >= 0.6 is 45.2 Å². The van der Waals surface area contributed by atoms with Crippen molar-refractivity contribution in [2.45, 2.75) is 0 Å². The lowest BCUT2D eigenvalue weighted by molar-refractivity contribution is -0.143. The van der Waals surface area contributed by atoms with Gasteiger partial charge in [-0.05, 0) is 0 Å². The lowest BCUT2D eigenvalue weighted by Gasteiger charge is -2.06. The van der Waals surface area contributed by atoms with Gasteiger partial charge in [0.05, 0.1) is 35.3 Å². The zero-order chi connectivity index (χ0) is 13.6. The van der Waals surface area contributed by atoms with Crippen molar-refractivity contribution < 1.29 is 28.5 Å². The third kappa shape index (κ3) is 12.8. The molecular formula is C10H16I2O6. The fourth-order valence-electron chi connectivity index (χ4n) is 0.828. The van der Waals surface area contributed by atoms with Gasteiger partial charge in [-0.15, -0.1) is 0 Å². The average molecular weight is 486 g/mol. The fourth-order valence-corrected chi connectivity index (χ4v) is 1.27. The Balaban J connectivity index is 3.07. The zero-order valence-electron chi connectivity index (χ0n) is 9.86. The van der Waals surface area contributed by atoms with E-state index in [0.717, 1.165) is 0 Å². The first-order chi connectivity index (χ1) is 8.70. The van der Waals surface area contributed by atoms with E-state index in [9.17, 15) is 9.59 Å². The molecule has 0 heterocycles. The van der Waals surface area contributed by atoms with Crippen molar-refractivity contribution in [3.05, 3.63) is 0 Å². The molecule has 0 aromatic heterocycles. The van der Waals surface area contributed by atoms with Gasteiger partial charge in [-0.2, -0.15) is 0 Å². The van der Waals surface area contributed by atoms with Crippen molar-refractivity contribution in [2.24, 2.45) is 0 Å². The minimum Gasteiger partial charge on any atom is -0.463 e. The Morgan fingerprint density at radius 3 is 1.33 bits per heavy atom. The van der Waals surface area contributed by atoms with Crippen LogP contribution < -0.4 is 0 Å². The molecule has 0 aromatic rings. The predicted octanol–water partition coefficient (Wildman–Crippen LogP) is 0.976. The Labute approximate surface area is 133 Å². The molecule has 0 radical (unpaired) electrons. The Hall–Kier alpha value is 0.320. The molecule has 0 N–H and O–H groups in total. The van der Waals surface area contributed by atoms with E-state index < -0.39 is 0 Å². The molecule has 0 fully saturated rings. The molecule has 0 amide bonds. The standard InChI is InChI=1S/C10H16I2O6/c11-7-9(13)17-5-3-15-1-2-16-4-6-18-10(14)8-12/h1-8H2. The third-order valence-corrected chi connectivity index (χ3v) is 2.82. The van der Waals surface area contributed by atoms with Crippen LogP contribution in [0.15, 0.2) is 0 Å². The first-order valence-electron chi connectivity index (χ1n) is 5.29. The predicted molar refractivity (Wildman–Crippen MR) is 81.3 cm³/mol. The van der Waals surface area contributed by atoms with Crippen LogP contribution in [0, 0.1) is 0 Å². The van der Waals surface area contributed by atoms with Gasteiger partial charge in [0.1, 0.15) is 13.2 Å². The maximum absolute atomic E-state index is 10.7. The first-order valence-corrected chi connectivity index (χ1v) is 8.34. The summed E-state index contributed by atoms with van der Waals surface area (Å²) in [5.74, 6) is -0.486. The van der Waals surface area contributed by atoms with E-state index >= 15 is 0 Å². The summed E-state index contributed by atoms with van der Waals surface area (Å²) in [5.41, 5.74) is 0. The number of hydrogen-bond donors (Lipinski definition) is 0. The summed E-state index contributed by atoms with van der Waals surface area (Å²) in [6, 6.07) is 0. The van der Waals surface area contributed by atoms with Crippen LogP contribution in [0.4, 0.5) is 0 Å². The highest BCUT2D eigenvalue weighted by atomic mass is 127. The molecule has 0 saturated carbocycles. The second-order valence-corrected chi connectivity index (χ2v) is 4.46. The molecular weight excluding hydrogens is 470 g/mol. The van der Waals surface area contributed by atoms with Crippen molar-refractivity contribution in [1.82, 2.24) is 0 Å². The number of carbonyl (C=O) groups is 2. The van der Waals surface area contributed by atoms with Gasteiger partial charge >= 0.3 is 11.9 Å². The average Bonchev–Trinajstić information content (AvgIpc) is 2.40. The number of halogens is 2. The molecule has 0 unspecified atom stereocenters. The van der Waals surface area contributed by atoms with E-state index in [2.05, 4.69) is 0 Å². The minimum atomic E-state index is -0.243. The van der Waals surface area contributed by atoms with Crippen LogP contribution in [0.3, 0.4) is 0 Å². The Bertz CT molecular complexity index is 212. The lowest BCUT2D eigenvalue weighted by Crippen LogP contribution is -2.15. The highest BCUT2D eigenvalue weighted by molar-refractivity contribution is 14.1. The van der Waals surface area contributed by atoms with E-state index in [0.29, 0.717) is 35.3 Å². The number of ether oxygens (including phenoxy) is 4. The lowest BCUT2D eigenvalue weighted by atomic mass is 10.7. The molecule has 0 spiro atoms. The molecule has 0 atom stereocenters. The van der Waals surface area contributed by atoms with Gasteiger partial charge in [-0.25, -0.2) is 0 Å². The molecule has 0 aliphatic heterocycles. The van der Waals surface area contributed by atoms with Gasteiger partial charge in [0.15, 0.2) is 0 Å². The van der Waals surface area contributed by atoms with Crippen molar-refractivity contribution in [3.63, 3.8) is 0 Å². The number of carbonyl (C=O) groups excluding carboxylic acids is 2. The Morgan fingerprint density at radius 2 is 1.00 bits per heavy atom. The smallest absolute Gasteiger partial charge is 0.315 e. The maximum Gasteiger partial charge on any atom is 0.315 e. The van der Waals surface area contributed by atoms with Gasteiger partial charge in [-0.3, -0.25) is 9.59 Å². The SMILES string of the molecule is O=C(CI)OCCOCCOCCOC(=O)CI. The van der Waals surface area contributed by atoms with Gasteiger partial charge in [-0.1, -0.05) is 45.2 Å². The largest absolute Gasteiger partial charge is 0.463 e. The van der Waals surface area contributed by atoms with Crippen molar-refractivity contribution in [2.75, 3.05) is 48.5 Å². The van der Waals surface area contributed by atoms with Crippen LogP contribution in [0.1, 0.15) is 0 Å². The van der Waals surface area contributed by atoms with Crippen LogP contribution in [-0.4, -0.2) is 60.4 Å². The van der Waals surface area contributed by atoms with Gasteiger partial charge in [0.2, 0.25) is 0 Å². The highest BCUT2D eigenvalue weighted by Crippen LogP contribution is 1.88. The second kappa shape index (κ2) is 13.7. The minimum absolute atomic E-state index is 0.243. The van der Waals surface area contributed by atoms with Crippen LogP contribution in [0.25, 0.3) is 0 Å². The summed E-state index contributed by atoms with van der Waals surface area (Å²) in [6.45, 7) is 2.07. The molecule has 0 aromatic carbocycles. The topological polar surface area (TPSA) is 71.1 Å². The molecule has 0 aliphatic rings.